The van der Waals surface area contributed by atoms with Gasteiger partial charge < -0.3 is 5.32 Å². The molecule has 106 valence electrons. The fourth-order valence-corrected chi connectivity index (χ4v) is 4.39. The van der Waals surface area contributed by atoms with Gasteiger partial charge in [0.1, 0.15) is 5.01 Å². The Labute approximate surface area is 127 Å². The maximum absolute atomic E-state index is 12.1. The number of amides is 1. The summed E-state index contributed by atoms with van der Waals surface area (Å²) >= 11 is 9.09. The van der Waals surface area contributed by atoms with Gasteiger partial charge >= 0.3 is 0 Å². The molecule has 1 aromatic heterocycles. The van der Waals surface area contributed by atoms with Gasteiger partial charge in [0.05, 0.1) is 18.0 Å². The average Bonchev–Trinajstić information content (AvgIpc) is 2.87. The lowest BCUT2D eigenvalue weighted by Gasteiger charge is -2.30. The Morgan fingerprint density at radius 1 is 1.58 bits per heavy atom. The molecule has 1 aliphatic rings. The second-order valence-corrected chi connectivity index (χ2v) is 7.06. The van der Waals surface area contributed by atoms with E-state index in [4.69, 9.17) is 11.6 Å². The maximum Gasteiger partial charge on any atom is 0.227 e. The summed E-state index contributed by atoms with van der Waals surface area (Å²) in [5.41, 5.74) is 0.856. The Hall–Kier alpha value is -0.260. The molecule has 1 aliphatic carbocycles. The highest BCUT2D eigenvalue weighted by atomic mass is 35.5. The number of nitrogens with zero attached hydrogens (tertiary/aromatic N) is 1. The van der Waals surface area contributed by atoms with E-state index in [9.17, 15) is 4.79 Å². The standard InChI is InChI=1S/C13H19ClN2OS2/c1-18-11-5-3-2-4-10(11)16-12(17)6-13-15-9(7-14)8-19-13/h8,10-11H,2-7H2,1H3,(H,16,17). The zero-order valence-corrected chi connectivity index (χ0v) is 13.4. The van der Waals surface area contributed by atoms with E-state index in [-0.39, 0.29) is 5.91 Å². The lowest BCUT2D eigenvalue weighted by atomic mass is 9.95. The Kier molecular flexibility index (Phi) is 5.98. The van der Waals surface area contributed by atoms with Gasteiger partial charge in [0.15, 0.2) is 0 Å². The second kappa shape index (κ2) is 7.50. The number of thiazole rings is 1. The number of thioether (sulfide) groups is 1. The van der Waals surface area contributed by atoms with Gasteiger partial charge in [0, 0.05) is 16.7 Å². The lowest BCUT2D eigenvalue weighted by Crippen LogP contribution is -2.44. The second-order valence-electron chi connectivity index (χ2n) is 4.78. The molecule has 2 atom stereocenters. The van der Waals surface area contributed by atoms with Crippen molar-refractivity contribution in [2.45, 2.75) is 49.3 Å². The molecule has 2 unspecified atom stereocenters. The maximum atomic E-state index is 12.1. The van der Waals surface area contributed by atoms with Crippen LogP contribution in [0.15, 0.2) is 5.38 Å². The SMILES string of the molecule is CSC1CCCCC1NC(=O)Cc1nc(CCl)cs1. The molecule has 0 saturated heterocycles. The van der Waals surface area contributed by atoms with Crippen molar-refractivity contribution >= 4 is 40.6 Å². The minimum absolute atomic E-state index is 0.0847. The third kappa shape index (κ3) is 4.36. The predicted octanol–water partition coefficient (Wildman–Crippen LogP) is 3.21. The Morgan fingerprint density at radius 3 is 3.05 bits per heavy atom. The van der Waals surface area contributed by atoms with Crippen LogP contribution in [0.5, 0.6) is 0 Å². The zero-order valence-electron chi connectivity index (χ0n) is 11.0. The van der Waals surface area contributed by atoms with Crippen LogP contribution in [-0.4, -0.2) is 28.4 Å². The van der Waals surface area contributed by atoms with E-state index in [0.29, 0.717) is 23.6 Å². The van der Waals surface area contributed by atoms with Crippen LogP contribution in [0.4, 0.5) is 0 Å². The summed E-state index contributed by atoms with van der Waals surface area (Å²) < 4.78 is 0. The van der Waals surface area contributed by atoms with Crippen LogP contribution >= 0.6 is 34.7 Å². The zero-order chi connectivity index (χ0) is 13.7. The first-order valence-electron chi connectivity index (χ1n) is 6.54. The molecular weight excluding hydrogens is 300 g/mol. The van der Waals surface area contributed by atoms with E-state index in [0.717, 1.165) is 17.1 Å². The van der Waals surface area contributed by atoms with Crippen LogP contribution in [-0.2, 0) is 17.1 Å². The molecule has 1 aromatic rings. The van der Waals surface area contributed by atoms with Crippen molar-refractivity contribution in [3.8, 4) is 0 Å². The van der Waals surface area contributed by atoms with Gasteiger partial charge in [-0.1, -0.05) is 12.8 Å². The van der Waals surface area contributed by atoms with Crippen molar-refractivity contribution in [1.82, 2.24) is 10.3 Å². The molecule has 1 amide bonds. The molecule has 0 aromatic carbocycles. The van der Waals surface area contributed by atoms with Crippen molar-refractivity contribution in [1.29, 1.82) is 0 Å². The average molecular weight is 319 g/mol. The van der Waals surface area contributed by atoms with Gasteiger partial charge in [-0.15, -0.1) is 22.9 Å². The van der Waals surface area contributed by atoms with Crippen molar-refractivity contribution in [3.63, 3.8) is 0 Å². The van der Waals surface area contributed by atoms with Crippen molar-refractivity contribution in [2.75, 3.05) is 6.26 Å². The van der Waals surface area contributed by atoms with E-state index in [1.807, 2.05) is 17.1 Å². The van der Waals surface area contributed by atoms with E-state index >= 15 is 0 Å². The first-order valence-corrected chi connectivity index (χ1v) is 9.24. The number of rotatable bonds is 5. The highest BCUT2D eigenvalue weighted by Crippen LogP contribution is 2.27. The molecule has 0 spiro atoms. The van der Waals surface area contributed by atoms with Crippen molar-refractivity contribution in [2.24, 2.45) is 0 Å². The minimum atomic E-state index is 0.0847. The van der Waals surface area contributed by atoms with E-state index < -0.39 is 0 Å². The summed E-state index contributed by atoms with van der Waals surface area (Å²) in [4.78, 5) is 16.4. The van der Waals surface area contributed by atoms with E-state index in [1.165, 1.54) is 30.6 Å². The number of halogens is 1. The summed E-state index contributed by atoms with van der Waals surface area (Å²) in [5.74, 6) is 0.497. The molecule has 1 N–H and O–H groups in total. The number of hydrogen-bond donors (Lipinski definition) is 1. The third-order valence-electron chi connectivity index (χ3n) is 3.40. The number of aromatic nitrogens is 1. The number of carbonyl (C=O) groups is 1. The molecule has 3 nitrogen and oxygen atoms in total. The molecule has 2 rings (SSSR count). The van der Waals surface area contributed by atoms with Gasteiger partial charge in [0.25, 0.3) is 0 Å². The predicted molar refractivity (Wildman–Crippen MR) is 83.1 cm³/mol. The third-order valence-corrected chi connectivity index (χ3v) is 5.74. The minimum Gasteiger partial charge on any atom is -0.352 e. The largest absolute Gasteiger partial charge is 0.352 e. The highest BCUT2D eigenvalue weighted by Gasteiger charge is 2.25. The van der Waals surface area contributed by atoms with Crippen LogP contribution in [0.2, 0.25) is 0 Å². The molecule has 0 radical (unpaired) electrons. The first-order chi connectivity index (χ1) is 9.22. The van der Waals surface area contributed by atoms with Gasteiger partial charge in [0.2, 0.25) is 5.91 Å². The molecule has 19 heavy (non-hydrogen) atoms. The van der Waals surface area contributed by atoms with Gasteiger partial charge in [-0.2, -0.15) is 11.8 Å². The van der Waals surface area contributed by atoms with Gasteiger partial charge in [-0.3, -0.25) is 4.79 Å². The van der Waals surface area contributed by atoms with Crippen LogP contribution in [0, 0.1) is 0 Å². The van der Waals surface area contributed by atoms with Crippen LogP contribution in [0.25, 0.3) is 0 Å². The van der Waals surface area contributed by atoms with Crippen LogP contribution in [0.1, 0.15) is 36.4 Å². The Balaban J connectivity index is 1.86. The first kappa shape index (κ1) is 15.1. The smallest absolute Gasteiger partial charge is 0.227 e. The van der Waals surface area contributed by atoms with Gasteiger partial charge in [-0.05, 0) is 19.1 Å². The molecular formula is C13H19ClN2OS2. The Morgan fingerprint density at radius 2 is 2.37 bits per heavy atom. The lowest BCUT2D eigenvalue weighted by molar-refractivity contribution is -0.121. The highest BCUT2D eigenvalue weighted by molar-refractivity contribution is 7.99. The topological polar surface area (TPSA) is 42.0 Å². The summed E-state index contributed by atoms with van der Waals surface area (Å²) in [6.07, 6.45) is 7.31. The van der Waals surface area contributed by atoms with E-state index in [1.54, 1.807) is 0 Å². The fraction of sp³-hybridized carbons (Fsp3) is 0.692. The number of carbonyl (C=O) groups excluding carboxylic acids is 1. The number of hydrogen-bond acceptors (Lipinski definition) is 4. The summed E-state index contributed by atoms with van der Waals surface area (Å²) in [7, 11) is 0. The molecule has 1 saturated carbocycles. The summed E-state index contributed by atoms with van der Waals surface area (Å²) in [6.45, 7) is 0. The number of nitrogens with one attached hydrogen (secondary N) is 1. The summed E-state index contributed by atoms with van der Waals surface area (Å²) in [5, 5.41) is 6.50. The molecule has 1 heterocycles. The molecule has 6 heteroatoms. The van der Waals surface area contributed by atoms with Crippen molar-refractivity contribution in [3.05, 3.63) is 16.1 Å². The van der Waals surface area contributed by atoms with E-state index in [2.05, 4.69) is 16.6 Å². The monoisotopic (exact) mass is 318 g/mol. The van der Waals surface area contributed by atoms with Crippen LogP contribution in [0.3, 0.4) is 0 Å². The van der Waals surface area contributed by atoms with Crippen LogP contribution < -0.4 is 5.32 Å². The Bertz CT molecular complexity index is 425. The molecule has 0 aliphatic heterocycles. The quantitative estimate of drug-likeness (QED) is 0.848. The molecule has 1 fully saturated rings. The molecule has 0 bridgehead atoms. The van der Waals surface area contributed by atoms with Gasteiger partial charge in [-0.25, -0.2) is 4.98 Å². The van der Waals surface area contributed by atoms with Crippen molar-refractivity contribution < 1.29 is 4.79 Å². The summed E-state index contributed by atoms with van der Waals surface area (Å²) in [6, 6.07) is 0.323. The number of alkyl halides is 1. The fourth-order valence-electron chi connectivity index (χ4n) is 2.43. The normalized spacial score (nSPS) is 23.3.